The Morgan fingerprint density at radius 3 is 3.00 bits per heavy atom. The van der Waals surface area contributed by atoms with Crippen LogP contribution in [0.15, 0.2) is 0 Å². The number of nitrogens with zero attached hydrogens (tertiary/aromatic N) is 2. The van der Waals surface area contributed by atoms with E-state index in [0.717, 1.165) is 11.5 Å². The molecule has 0 aromatic rings. The molecule has 6 heteroatoms. The molecule has 2 amide bonds. The van der Waals surface area contributed by atoms with E-state index in [2.05, 4.69) is 5.32 Å². The van der Waals surface area contributed by atoms with Crippen molar-refractivity contribution in [3.05, 3.63) is 0 Å². The van der Waals surface area contributed by atoms with Crippen molar-refractivity contribution in [2.45, 2.75) is 13.0 Å². The van der Waals surface area contributed by atoms with Crippen LogP contribution in [0.4, 0.5) is 0 Å². The summed E-state index contributed by atoms with van der Waals surface area (Å²) in [4.78, 5) is 24.5. The van der Waals surface area contributed by atoms with Gasteiger partial charge in [-0.05, 0) is 6.92 Å². The highest BCUT2D eigenvalue weighted by molar-refractivity contribution is 7.99. The van der Waals surface area contributed by atoms with Crippen molar-refractivity contribution in [2.24, 2.45) is 0 Å². The van der Waals surface area contributed by atoms with Crippen LogP contribution in [0.3, 0.4) is 0 Å². The number of carbonyl (C=O) groups excluding carboxylic acids is 2. The lowest BCUT2D eigenvalue weighted by molar-refractivity contribution is -0.146. The Morgan fingerprint density at radius 1 is 1.67 bits per heavy atom. The first-order valence-electron chi connectivity index (χ1n) is 4.70. The van der Waals surface area contributed by atoms with Gasteiger partial charge in [-0.1, -0.05) is 0 Å². The van der Waals surface area contributed by atoms with Gasteiger partial charge in [0.05, 0.1) is 6.07 Å². The highest BCUT2D eigenvalue weighted by Gasteiger charge is 2.27. The second-order valence-corrected chi connectivity index (χ2v) is 4.41. The van der Waals surface area contributed by atoms with Gasteiger partial charge in [0.25, 0.3) is 0 Å². The quantitative estimate of drug-likeness (QED) is 0.488. The zero-order chi connectivity index (χ0) is 11.3. The average molecular weight is 227 g/mol. The van der Waals surface area contributed by atoms with Crippen molar-refractivity contribution >= 4 is 23.6 Å². The summed E-state index contributed by atoms with van der Waals surface area (Å²) in [6.07, 6.45) is 0. The van der Waals surface area contributed by atoms with E-state index in [1.165, 1.54) is 0 Å². The first kappa shape index (κ1) is 11.9. The fraction of sp³-hybridized carbons (Fsp3) is 0.667. The molecule has 0 aromatic heterocycles. The fourth-order valence-corrected chi connectivity index (χ4v) is 2.37. The molecule has 1 aliphatic heterocycles. The number of hydrogen-bond acceptors (Lipinski definition) is 4. The molecule has 0 aliphatic carbocycles. The molecule has 0 radical (unpaired) electrons. The van der Waals surface area contributed by atoms with Gasteiger partial charge in [0.1, 0.15) is 6.54 Å². The third kappa shape index (κ3) is 3.13. The maximum absolute atomic E-state index is 11.6. The topological polar surface area (TPSA) is 73.2 Å². The smallest absolute Gasteiger partial charge is 0.312 e. The van der Waals surface area contributed by atoms with Crippen LogP contribution in [0.5, 0.6) is 0 Å². The molecule has 0 bridgehead atoms. The van der Waals surface area contributed by atoms with Gasteiger partial charge in [-0.25, -0.2) is 0 Å². The summed E-state index contributed by atoms with van der Waals surface area (Å²) in [5, 5.41) is 10.5. The minimum absolute atomic E-state index is 0.0871. The second-order valence-electron chi connectivity index (χ2n) is 3.26. The van der Waals surface area contributed by atoms with Gasteiger partial charge in [0, 0.05) is 24.1 Å². The van der Waals surface area contributed by atoms with E-state index in [-0.39, 0.29) is 12.6 Å². The summed E-state index contributed by atoms with van der Waals surface area (Å²) < 4.78 is 0. The molecule has 1 rings (SSSR count). The summed E-state index contributed by atoms with van der Waals surface area (Å²) >= 11 is 1.78. The van der Waals surface area contributed by atoms with Crippen LogP contribution in [0.25, 0.3) is 0 Å². The maximum Gasteiger partial charge on any atom is 0.312 e. The average Bonchev–Trinajstić information content (AvgIpc) is 2.25. The Bertz CT molecular complexity index is 300. The molecule has 1 atom stereocenters. The fourth-order valence-electron chi connectivity index (χ4n) is 1.35. The van der Waals surface area contributed by atoms with Crippen molar-refractivity contribution in [2.75, 3.05) is 24.6 Å². The normalized spacial score (nSPS) is 20.5. The van der Waals surface area contributed by atoms with Crippen LogP contribution in [-0.4, -0.2) is 47.4 Å². The molecule has 1 unspecified atom stereocenters. The SMILES string of the molecule is CC1CSCCN1C(=O)C(=O)NCC#N. The van der Waals surface area contributed by atoms with Crippen molar-refractivity contribution in [1.29, 1.82) is 5.26 Å². The molecule has 1 N–H and O–H groups in total. The number of hydrogen-bond donors (Lipinski definition) is 1. The summed E-state index contributed by atoms with van der Waals surface area (Å²) in [5.74, 6) is 0.507. The van der Waals surface area contributed by atoms with Crippen molar-refractivity contribution < 1.29 is 9.59 Å². The number of nitrogens with one attached hydrogen (secondary N) is 1. The number of amides is 2. The maximum atomic E-state index is 11.6. The predicted molar refractivity (Wildman–Crippen MR) is 57.1 cm³/mol. The van der Waals surface area contributed by atoms with E-state index in [9.17, 15) is 9.59 Å². The molecule has 5 nitrogen and oxygen atoms in total. The molecule has 1 saturated heterocycles. The van der Waals surface area contributed by atoms with Crippen LogP contribution in [0.2, 0.25) is 0 Å². The Morgan fingerprint density at radius 2 is 2.40 bits per heavy atom. The van der Waals surface area contributed by atoms with Gasteiger partial charge in [-0.15, -0.1) is 0 Å². The number of carbonyl (C=O) groups is 2. The van der Waals surface area contributed by atoms with Crippen LogP contribution in [0, 0.1) is 11.3 Å². The van der Waals surface area contributed by atoms with E-state index in [1.54, 1.807) is 22.7 Å². The Kier molecular flexibility index (Phi) is 4.43. The van der Waals surface area contributed by atoms with Gasteiger partial charge < -0.3 is 10.2 Å². The van der Waals surface area contributed by atoms with Gasteiger partial charge in [0.2, 0.25) is 0 Å². The summed E-state index contributed by atoms with van der Waals surface area (Å²) in [6, 6.07) is 1.85. The Labute approximate surface area is 92.8 Å². The lowest BCUT2D eigenvalue weighted by Crippen LogP contribution is -2.50. The zero-order valence-corrected chi connectivity index (χ0v) is 9.34. The van der Waals surface area contributed by atoms with Crippen LogP contribution in [-0.2, 0) is 9.59 Å². The van der Waals surface area contributed by atoms with E-state index < -0.39 is 11.8 Å². The van der Waals surface area contributed by atoms with Crippen LogP contribution in [0.1, 0.15) is 6.92 Å². The standard InChI is InChI=1S/C9H13N3O2S/c1-7-6-15-5-4-12(7)9(14)8(13)11-3-2-10/h7H,3-6H2,1H3,(H,11,13). The third-order valence-corrected chi connectivity index (χ3v) is 3.34. The zero-order valence-electron chi connectivity index (χ0n) is 8.52. The van der Waals surface area contributed by atoms with Gasteiger partial charge >= 0.3 is 11.8 Å². The van der Waals surface area contributed by atoms with Crippen molar-refractivity contribution in [3.63, 3.8) is 0 Å². The van der Waals surface area contributed by atoms with E-state index >= 15 is 0 Å². The van der Waals surface area contributed by atoms with Crippen LogP contribution >= 0.6 is 11.8 Å². The minimum Gasteiger partial charge on any atom is -0.335 e. The molecule has 1 aliphatic rings. The van der Waals surface area contributed by atoms with Crippen LogP contribution < -0.4 is 5.32 Å². The Hall–Kier alpha value is -1.22. The largest absolute Gasteiger partial charge is 0.335 e. The number of thioether (sulfide) groups is 1. The second kappa shape index (κ2) is 5.61. The van der Waals surface area contributed by atoms with Crippen molar-refractivity contribution in [3.8, 4) is 6.07 Å². The highest BCUT2D eigenvalue weighted by atomic mass is 32.2. The summed E-state index contributed by atoms with van der Waals surface area (Å²) in [7, 11) is 0. The third-order valence-electron chi connectivity index (χ3n) is 2.15. The number of nitriles is 1. The summed E-state index contributed by atoms with van der Waals surface area (Å²) in [6.45, 7) is 2.40. The monoisotopic (exact) mass is 227 g/mol. The highest BCUT2D eigenvalue weighted by Crippen LogP contribution is 2.15. The lowest BCUT2D eigenvalue weighted by atomic mass is 10.3. The molecule has 0 aromatic carbocycles. The predicted octanol–water partition coefficient (Wildman–Crippen LogP) is -0.410. The van der Waals surface area contributed by atoms with E-state index in [1.807, 2.05) is 6.92 Å². The first-order chi connectivity index (χ1) is 7.16. The first-order valence-corrected chi connectivity index (χ1v) is 5.85. The Balaban J connectivity index is 2.51. The molecule has 15 heavy (non-hydrogen) atoms. The van der Waals surface area contributed by atoms with Gasteiger partial charge in [-0.3, -0.25) is 9.59 Å². The molecule has 82 valence electrons. The van der Waals surface area contributed by atoms with Crippen molar-refractivity contribution in [1.82, 2.24) is 10.2 Å². The minimum atomic E-state index is -0.685. The number of rotatable bonds is 1. The molecular formula is C9H13N3O2S. The molecular weight excluding hydrogens is 214 g/mol. The molecule has 0 saturated carbocycles. The molecule has 1 fully saturated rings. The lowest BCUT2D eigenvalue weighted by Gasteiger charge is -2.32. The van der Waals surface area contributed by atoms with E-state index in [4.69, 9.17) is 5.26 Å². The van der Waals surface area contributed by atoms with Gasteiger partial charge in [-0.2, -0.15) is 17.0 Å². The van der Waals surface area contributed by atoms with E-state index in [0.29, 0.717) is 6.54 Å². The molecule has 1 heterocycles. The summed E-state index contributed by atoms with van der Waals surface area (Å²) in [5.41, 5.74) is 0. The van der Waals surface area contributed by atoms with Gasteiger partial charge in [0.15, 0.2) is 0 Å². The molecule has 0 spiro atoms.